The molecule has 8 heteroatoms. The summed E-state index contributed by atoms with van der Waals surface area (Å²) in [5.41, 5.74) is 2.12. The van der Waals surface area contributed by atoms with Crippen LogP contribution >= 0.6 is 0 Å². The quantitative estimate of drug-likeness (QED) is 0.438. The SMILES string of the molecule is CC(C(=O)NN)N1CCN(S(=O)(=O)c2ccccc2)CC1. The average Bonchev–Trinajstić information content (AvgIpc) is 2.54. The zero-order valence-electron chi connectivity index (χ0n) is 11.9. The molecule has 1 unspecified atom stereocenters. The van der Waals surface area contributed by atoms with Crippen LogP contribution in [0.25, 0.3) is 0 Å². The number of carbonyl (C=O) groups is 1. The van der Waals surface area contributed by atoms with Crippen molar-refractivity contribution >= 4 is 15.9 Å². The third-order valence-corrected chi connectivity index (χ3v) is 5.64. The number of hydrogen-bond donors (Lipinski definition) is 2. The summed E-state index contributed by atoms with van der Waals surface area (Å²) in [5, 5.41) is 0. The van der Waals surface area contributed by atoms with Gasteiger partial charge < -0.3 is 0 Å². The number of hydrogen-bond acceptors (Lipinski definition) is 5. The minimum atomic E-state index is -3.46. The van der Waals surface area contributed by atoms with Gasteiger partial charge in [-0.25, -0.2) is 14.3 Å². The van der Waals surface area contributed by atoms with Crippen LogP contribution in [0.1, 0.15) is 6.92 Å². The number of nitrogens with two attached hydrogens (primary N) is 1. The van der Waals surface area contributed by atoms with E-state index in [0.717, 1.165) is 0 Å². The van der Waals surface area contributed by atoms with E-state index in [0.29, 0.717) is 31.1 Å². The zero-order chi connectivity index (χ0) is 15.5. The second-order valence-corrected chi connectivity index (χ2v) is 6.88. The van der Waals surface area contributed by atoms with Crippen molar-refractivity contribution in [3.05, 3.63) is 30.3 Å². The molecule has 0 spiro atoms. The molecule has 1 aromatic carbocycles. The van der Waals surface area contributed by atoms with E-state index in [1.807, 2.05) is 4.90 Å². The highest BCUT2D eigenvalue weighted by atomic mass is 32.2. The van der Waals surface area contributed by atoms with E-state index in [4.69, 9.17) is 5.84 Å². The Balaban J connectivity index is 2.03. The lowest BCUT2D eigenvalue weighted by molar-refractivity contribution is -0.126. The molecule has 0 radical (unpaired) electrons. The van der Waals surface area contributed by atoms with Crippen LogP contribution in [0.15, 0.2) is 35.2 Å². The minimum Gasteiger partial charge on any atom is -0.293 e. The van der Waals surface area contributed by atoms with Gasteiger partial charge in [-0.2, -0.15) is 4.31 Å². The number of hydrazine groups is 1. The Morgan fingerprint density at radius 3 is 2.29 bits per heavy atom. The van der Waals surface area contributed by atoms with Crippen molar-refractivity contribution in [2.75, 3.05) is 26.2 Å². The van der Waals surface area contributed by atoms with Crippen molar-refractivity contribution in [3.8, 4) is 0 Å². The Hall–Kier alpha value is -1.48. The highest BCUT2D eigenvalue weighted by molar-refractivity contribution is 7.89. The molecule has 1 fully saturated rings. The molecule has 116 valence electrons. The lowest BCUT2D eigenvalue weighted by atomic mass is 10.2. The van der Waals surface area contributed by atoms with E-state index in [1.165, 1.54) is 4.31 Å². The Kier molecular flexibility index (Phi) is 4.94. The number of piperazine rings is 1. The normalized spacial score (nSPS) is 19.1. The van der Waals surface area contributed by atoms with Crippen LogP contribution in [-0.2, 0) is 14.8 Å². The lowest BCUT2D eigenvalue weighted by Gasteiger charge is -2.36. The Morgan fingerprint density at radius 1 is 1.19 bits per heavy atom. The van der Waals surface area contributed by atoms with E-state index in [9.17, 15) is 13.2 Å². The summed E-state index contributed by atoms with van der Waals surface area (Å²) in [6, 6.07) is 8.01. The molecule has 1 aromatic rings. The van der Waals surface area contributed by atoms with Gasteiger partial charge in [-0.15, -0.1) is 0 Å². The van der Waals surface area contributed by atoms with E-state index < -0.39 is 10.0 Å². The molecule has 3 N–H and O–H groups in total. The van der Waals surface area contributed by atoms with Crippen molar-refractivity contribution in [2.45, 2.75) is 17.9 Å². The van der Waals surface area contributed by atoms with Crippen molar-refractivity contribution in [3.63, 3.8) is 0 Å². The summed E-state index contributed by atoms with van der Waals surface area (Å²) in [4.78, 5) is 13.7. The van der Waals surface area contributed by atoms with Crippen LogP contribution in [0.2, 0.25) is 0 Å². The number of nitrogens with one attached hydrogen (secondary N) is 1. The standard InChI is InChI=1S/C13H20N4O3S/c1-11(13(18)15-14)16-7-9-17(10-8-16)21(19,20)12-5-3-2-4-6-12/h2-6,11H,7-10,14H2,1H3,(H,15,18). The predicted octanol–water partition coefficient (Wildman–Crippen LogP) is -0.629. The number of amides is 1. The molecular formula is C13H20N4O3S. The number of benzene rings is 1. The molecule has 1 atom stereocenters. The fourth-order valence-corrected chi connectivity index (χ4v) is 3.80. The number of nitrogens with zero attached hydrogens (tertiary/aromatic N) is 2. The molecule has 1 aliphatic heterocycles. The molecular weight excluding hydrogens is 292 g/mol. The van der Waals surface area contributed by atoms with E-state index in [2.05, 4.69) is 5.43 Å². The Labute approximate surface area is 124 Å². The van der Waals surface area contributed by atoms with Crippen LogP contribution in [0, 0.1) is 0 Å². The molecule has 1 amide bonds. The predicted molar refractivity (Wildman–Crippen MR) is 78.6 cm³/mol. The van der Waals surface area contributed by atoms with Gasteiger partial charge in [0.25, 0.3) is 5.91 Å². The van der Waals surface area contributed by atoms with Crippen LogP contribution in [-0.4, -0.2) is 55.8 Å². The second-order valence-electron chi connectivity index (χ2n) is 4.94. The second kappa shape index (κ2) is 6.52. The summed E-state index contributed by atoms with van der Waals surface area (Å²) in [6.45, 7) is 3.48. The largest absolute Gasteiger partial charge is 0.293 e. The molecule has 0 aromatic heterocycles. The fourth-order valence-electron chi connectivity index (χ4n) is 2.36. The fraction of sp³-hybridized carbons (Fsp3) is 0.462. The van der Waals surface area contributed by atoms with Crippen molar-refractivity contribution in [1.82, 2.24) is 14.6 Å². The van der Waals surface area contributed by atoms with Gasteiger partial charge in [0, 0.05) is 26.2 Å². The first-order valence-corrected chi connectivity index (χ1v) is 8.20. The minimum absolute atomic E-state index is 0.269. The summed E-state index contributed by atoms with van der Waals surface area (Å²) in [5.74, 6) is 4.85. The maximum Gasteiger partial charge on any atom is 0.250 e. The molecule has 2 rings (SSSR count). The van der Waals surface area contributed by atoms with Crippen molar-refractivity contribution < 1.29 is 13.2 Å². The van der Waals surface area contributed by atoms with Gasteiger partial charge in [-0.1, -0.05) is 18.2 Å². The van der Waals surface area contributed by atoms with E-state index in [-0.39, 0.29) is 11.9 Å². The Bertz CT molecular complexity index is 583. The van der Waals surface area contributed by atoms with Crippen LogP contribution in [0.4, 0.5) is 0 Å². The molecule has 1 saturated heterocycles. The highest BCUT2D eigenvalue weighted by Gasteiger charge is 2.31. The van der Waals surface area contributed by atoms with Gasteiger partial charge in [0.1, 0.15) is 0 Å². The number of rotatable bonds is 4. The maximum atomic E-state index is 12.5. The van der Waals surface area contributed by atoms with E-state index in [1.54, 1.807) is 37.3 Å². The van der Waals surface area contributed by atoms with Crippen LogP contribution in [0.3, 0.4) is 0 Å². The molecule has 0 saturated carbocycles. The number of carbonyl (C=O) groups excluding carboxylic acids is 1. The first kappa shape index (κ1) is 15.9. The van der Waals surface area contributed by atoms with Gasteiger partial charge in [0.2, 0.25) is 10.0 Å². The first-order chi connectivity index (χ1) is 9.96. The van der Waals surface area contributed by atoms with E-state index >= 15 is 0 Å². The molecule has 1 heterocycles. The summed E-state index contributed by atoms with van der Waals surface area (Å²) >= 11 is 0. The monoisotopic (exact) mass is 312 g/mol. The molecule has 1 aliphatic rings. The van der Waals surface area contributed by atoms with Crippen LogP contribution < -0.4 is 11.3 Å². The maximum absolute atomic E-state index is 12.5. The highest BCUT2D eigenvalue weighted by Crippen LogP contribution is 2.17. The van der Waals surface area contributed by atoms with Gasteiger partial charge in [0.05, 0.1) is 10.9 Å². The van der Waals surface area contributed by atoms with Gasteiger partial charge in [0.15, 0.2) is 0 Å². The average molecular weight is 312 g/mol. The zero-order valence-corrected chi connectivity index (χ0v) is 12.7. The molecule has 7 nitrogen and oxygen atoms in total. The summed E-state index contributed by atoms with van der Waals surface area (Å²) in [7, 11) is -3.46. The third kappa shape index (κ3) is 3.41. The third-order valence-electron chi connectivity index (χ3n) is 3.72. The smallest absolute Gasteiger partial charge is 0.250 e. The Morgan fingerprint density at radius 2 is 1.76 bits per heavy atom. The summed E-state index contributed by atoms with van der Waals surface area (Å²) < 4.78 is 26.4. The molecule has 0 aliphatic carbocycles. The topological polar surface area (TPSA) is 95.7 Å². The summed E-state index contributed by atoms with van der Waals surface area (Å²) in [6.07, 6.45) is 0. The van der Waals surface area contributed by atoms with Crippen molar-refractivity contribution in [1.29, 1.82) is 0 Å². The van der Waals surface area contributed by atoms with Gasteiger partial charge in [-0.05, 0) is 19.1 Å². The van der Waals surface area contributed by atoms with Crippen LogP contribution in [0.5, 0.6) is 0 Å². The van der Waals surface area contributed by atoms with Gasteiger partial charge in [-0.3, -0.25) is 15.1 Å². The first-order valence-electron chi connectivity index (χ1n) is 6.76. The molecule has 21 heavy (non-hydrogen) atoms. The number of sulfonamides is 1. The van der Waals surface area contributed by atoms with Crippen molar-refractivity contribution in [2.24, 2.45) is 5.84 Å². The molecule has 0 bridgehead atoms. The van der Waals surface area contributed by atoms with Gasteiger partial charge >= 0.3 is 0 Å². The lowest BCUT2D eigenvalue weighted by Crippen LogP contribution is -2.55.